The summed E-state index contributed by atoms with van der Waals surface area (Å²) in [6, 6.07) is 12.4. The first-order valence-corrected chi connectivity index (χ1v) is 13.4. The standard InChI is InChI=1S/C31H32FNO7/c1-38-30-23-10-13-40-29(23)20(16-24(30)31(37)33-26-11-12-39-17-28(26)36)14-19-4-8-22(25(32)15-19)27(35)9-5-18-2-6-21(34)7-3-18/h2-4,6-8,15-16,26,28,34,36H,5,9-14,17H2,1H3,(H,33,37)/t26-,28-/m0/s1. The molecule has 0 unspecified atom stereocenters. The zero-order chi connectivity index (χ0) is 28.2. The number of amides is 1. The second-order valence-electron chi connectivity index (χ2n) is 10.1. The number of nitrogens with one attached hydrogen (secondary N) is 1. The van der Waals surface area contributed by atoms with Crippen LogP contribution in [0.15, 0.2) is 48.5 Å². The molecule has 0 aliphatic carbocycles. The summed E-state index contributed by atoms with van der Waals surface area (Å²) in [5, 5.41) is 22.5. The van der Waals surface area contributed by atoms with Gasteiger partial charge < -0.3 is 29.7 Å². The van der Waals surface area contributed by atoms with Gasteiger partial charge in [0.2, 0.25) is 0 Å². The normalized spacial score (nSPS) is 18.1. The SMILES string of the molecule is COc1c(C(=O)N[C@H]2CCOC[C@@H]2O)cc(Cc2ccc(C(=O)CCc3ccc(O)cc3)c(F)c2)c2c1CCO2. The third-order valence-electron chi connectivity index (χ3n) is 7.40. The van der Waals surface area contributed by atoms with Crippen LogP contribution >= 0.6 is 0 Å². The fraction of sp³-hybridized carbons (Fsp3) is 0.355. The molecule has 0 spiro atoms. The molecule has 210 valence electrons. The fourth-order valence-electron chi connectivity index (χ4n) is 5.27. The number of benzene rings is 3. The van der Waals surface area contributed by atoms with Crippen molar-refractivity contribution >= 4 is 11.7 Å². The summed E-state index contributed by atoms with van der Waals surface area (Å²) < 4.78 is 31.8. The van der Waals surface area contributed by atoms with Crippen molar-refractivity contribution in [3.05, 3.63) is 87.7 Å². The van der Waals surface area contributed by atoms with Crippen LogP contribution in [-0.4, -0.2) is 61.0 Å². The number of hydrogen-bond acceptors (Lipinski definition) is 7. The van der Waals surface area contributed by atoms with Crippen molar-refractivity contribution in [2.75, 3.05) is 26.9 Å². The Balaban J connectivity index is 1.35. The Kier molecular flexibility index (Phi) is 8.32. The lowest BCUT2D eigenvalue weighted by Crippen LogP contribution is -2.48. The minimum Gasteiger partial charge on any atom is -0.508 e. The van der Waals surface area contributed by atoms with Crippen molar-refractivity contribution < 1.29 is 38.4 Å². The highest BCUT2D eigenvalue weighted by Crippen LogP contribution is 2.40. The van der Waals surface area contributed by atoms with E-state index in [-0.39, 0.29) is 42.5 Å². The molecule has 40 heavy (non-hydrogen) atoms. The van der Waals surface area contributed by atoms with Crippen molar-refractivity contribution in [1.82, 2.24) is 5.32 Å². The molecule has 3 aromatic rings. The van der Waals surface area contributed by atoms with E-state index in [1.165, 1.54) is 19.2 Å². The molecule has 0 bridgehead atoms. The van der Waals surface area contributed by atoms with E-state index >= 15 is 4.39 Å². The molecular formula is C31H32FNO7. The van der Waals surface area contributed by atoms with E-state index in [2.05, 4.69) is 5.32 Å². The number of ketones is 1. The maximum atomic E-state index is 15.1. The van der Waals surface area contributed by atoms with Crippen LogP contribution in [0.1, 0.15) is 55.8 Å². The summed E-state index contributed by atoms with van der Waals surface area (Å²) in [5.74, 6) is -0.0918. The summed E-state index contributed by atoms with van der Waals surface area (Å²) >= 11 is 0. The number of carbonyl (C=O) groups excluding carboxylic acids is 2. The second kappa shape index (κ2) is 12.1. The maximum absolute atomic E-state index is 15.1. The molecule has 1 saturated heterocycles. The van der Waals surface area contributed by atoms with Crippen molar-refractivity contribution in [2.24, 2.45) is 0 Å². The Morgan fingerprint density at radius 1 is 1.07 bits per heavy atom. The van der Waals surface area contributed by atoms with E-state index < -0.39 is 18.0 Å². The molecule has 9 heteroatoms. The van der Waals surface area contributed by atoms with E-state index in [9.17, 15) is 19.8 Å². The lowest BCUT2D eigenvalue weighted by atomic mass is 9.94. The summed E-state index contributed by atoms with van der Waals surface area (Å²) in [6.45, 7) is 1.04. The number of rotatable bonds is 9. The first-order chi connectivity index (χ1) is 19.3. The topological polar surface area (TPSA) is 114 Å². The van der Waals surface area contributed by atoms with Crippen LogP contribution < -0.4 is 14.8 Å². The van der Waals surface area contributed by atoms with Gasteiger partial charge in [-0.05, 0) is 59.9 Å². The van der Waals surface area contributed by atoms with Crippen molar-refractivity contribution in [1.29, 1.82) is 0 Å². The summed E-state index contributed by atoms with van der Waals surface area (Å²) in [5.41, 5.74) is 3.33. The van der Waals surface area contributed by atoms with Crippen LogP contribution in [0.25, 0.3) is 0 Å². The molecule has 1 fully saturated rings. The van der Waals surface area contributed by atoms with Crippen LogP contribution in [0.3, 0.4) is 0 Å². The maximum Gasteiger partial charge on any atom is 0.255 e. The lowest BCUT2D eigenvalue weighted by molar-refractivity contribution is -0.0261. The van der Waals surface area contributed by atoms with Gasteiger partial charge in [0.25, 0.3) is 5.91 Å². The average molecular weight is 550 g/mol. The van der Waals surface area contributed by atoms with Gasteiger partial charge in [0.05, 0.1) is 43.6 Å². The quantitative estimate of drug-likeness (QED) is 0.348. The number of aryl methyl sites for hydroxylation is 1. The van der Waals surface area contributed by atoms with E-state index in [1.54, 1.807) is 36.4 Å². The van der Waals surface area contributed by atoms with E-state index in [4.69, 9.17) is 14.2 Å². The third-order valence-corrected chi connectivity index (χ3v) is 7.40. The minimum absolute atomic E-state index is 0.0221. The van der Waals surface area contributed by atoms with Crippen LogP contribution in [0.4, 0.5) is 4.39 Å². The van der Waals surface area contributed by atoms with Gasteiger partial charge in [-0.25, -0.2) is 4.39 Å². The monoisotopic (exact) mass is 549 g/mol. The predicted octanol–water partition coefficient (Wildman–Crippen LogP) is 3.76. The number of carbonyl (C=O) groups is 2. The molecule has 0 radical (unpaired) electrons. The van der Waals surface area contributed by atoms with Gasteiger partial charge in [0.15, 0.2) is 5.78 Å². The zero-order valence-electron chi connectivity index (χ0n) is 22.2. The Morgan fingerprint density at radius 3 is 2.58 bits per heavy atom. The Hall–Kier alpha value is -3.95. The number of aromatic hydroxyl groups is 1. The molecule has 2 aliphatic rings. The van der Waals surface area contributed by atoms with Crippen LogP contribution in [-0.2, 0) is 24.0 Å². The van der Waals surface area contributed by atoms with E-state index in [0.717, 1.165) is 11.1 Å². The molecule has 2 aliphatic heterocycles. The number of halogens is 1. The van der Waals surface area contributed by atoms with Crippen molar-refractivity contribution in [3.8, 4) is 17.2 Å². The molecule has 3 aromatic carbocycles. The van der Waals surface area contributed by atoms with Gasteiger partial charge >= 0.3 is 0 Å². The Labute approximate surface area is 231 Å². The highest BCUT2D eigenvalue weighted by atomic mass is 19.1. The molecule has 8 nitrogen and oxygen atoms in total. The number of aliphatic hydroxyl groups excluding tert-OH is 1. The highest BCUT2D eigenvalue weighted by Gasteiger charge is 2.30. The number of Topliss-reactive ketones (excluding diaryl/α,β-unsaturated/α-hetero) is 1. The largest absolute Gasteiger partial charge is 0.508 e. The Morgan fingerprint density at radius 2 is 1.85 bits per heavy atom. The third kappa shape index (κ3) is 5.95. The number of phenols is 1. The van der Waals surface area contributed by atoms with Crippen LogP contribution in [0.5, 0.6) is 17.2 Å². The molecule has 5 rings (SSSR count). The summed E-state index contributed by atoms with van der Waals surface area (Å²) in [6.07, 6.45) is 1.12. The predicted molar refractivity (Wildman–Crippen MR) is 145 cm³/mol. The first-order valence-electron chi connectivity index (χ1n) is 13.4. The number of hydrogen-bond donors (Lipinski definition) is 3. The lowest BCUT2D eigenvalue weighted by Gasteiger charge is -2.28. The molecular weight excluding hydrogens is 517 g/mol. The van der Waals surface area contributed by atoms with Gasteiger partial charge in [-0.2, -0.15) is 0 Å². The minimum atomic E-state index is -0.800. The molecule has 1 amide bonds. The molecule has 0 saturated carbocycles. The van der Waals surface area contributed by atoms with Crippen molar-refractivity contribution in [3.63, 3.8) is 0 Å². The van der Waals surface area contributed by atoms with Gasteiger partial charge in [-0.3, -0.25) is 9.59 Å². The Bertz CT molecular complexity index is 1410. The number of ether oxygens (including phenoxy) is 3. The number of phenolic OH excluding ortho intramolecular Hbond substituents is 1. The van der Waals surface area contributed by atoms with E-state index in [0.29, 0.717) is 60.7 Å². The fourth-order valence-corrected chi connectivity index (χ4v) is 5.27. The average Bonchev–Trinajstić information content (AvgIpc) is 3.44. The van der Waals surface area contributed by atoms with Gasteiger partial charge in [0.1, 0.15) is 23.1 Å². The second-order valence-corrected chi connectivity index (χ2v) is 10.1. The summed E-state index contributed by atoms with van der Waals surface area (Å²) in [4.78, 5) is 26.0. The van der Waals surface area contributed by atoms with Gasteiger partial charge in [0, 0.05) is 31.4 Å². The number of fused-ring (bicyclic) bond motifs is 1. The molecule has 0 aromatic heterocycles. The zero-order valence-corrected chi connectivity index (χ0v) is 22.2. The molecule has 2 atom stereocenters. The molecule has 3 N–H and O–H groups in total. The summed E-state index contributed by atoms with van der Waals surface area (Å²) in [7, 11) is 1.50. The molecule has 2 heterocycles. The van der Waals surface area contributed by atoms with Crippen molar-refractivity contribution in [2.45, 2.75) is 44.2 Å². The van der Waals surface area contributed by atoms with Gasteiger partial charge in [-0.1, -0.05) is 18.2 Å². The van der Waals surface area contributed by atoms with E-state index in [1.807, 2.05) is 0 Å². The smallest absolute Gasteiger partial charge is 0.255 e. The highest BCUT2D eigenvalue weighted by molar-refractivity contribution is 5.98. The number of aliphatic hydroxyl groups is 1. The first kappa shape index (κ1) is 27.6. The number of methoxy groups -OCH3 is 1. The van der Waals surface area contributed by atoms with Crippen LogP contribution in [0, 0.1) is 5.82 Å². The van der Waals surface area contributed by atoms with Gasteiger partial charge in [-0.15, -0.1) is 0 Å². The van der Waals surface area contributed by atoms with Crippen LogP contribution in [0.2, 0.25) is 0 Å².